The highest BCUT2D eigenvalue weighted by molar-refractivity contribution is 6.33. The molecule has 0 radical (unpaired) electrons. The molecule has 3 aromatic carbocycles. The number of likely N-dealkylation sites (tertiary alicyclic amines) is 1. The maximum atomic E-state index is 9.72. The fourth-order valence-corrected chi connectivity index (χ4v) is 5.13. The highest BCUT2D eigenvalue weighted by Gasteiger charge is 2.18. The lowest BCUT2D eigenvalue weighted by atomic mass is 9.87. The van der Waals surface area contributed by atoms with Gasteiger partial charge in [0.1, 0.15) is 18.1 Å². The second kappa shape index (κ2) is 12.6. The normalized spacial score (nSPS) is 14.7. The van der Waals surface area contributed by atoms with Crippen molar-refractivity contribution >= 4 is 33.9 Å². The molecule has 1 fully saturated rings. The lowest BCUT2D eigenvalue weighted by molar-refractivity contribution is 0.0753. The quantitative estimate of drug-likeness (QED) is 0.213. The molecule has 216 valence electrons. The molecule has 1 saturated heterocycles. The number of pyridine rings is 1. The summed E-state index contributed by atoms with van der Waals surface area (Å²) >= 11 is 6.64. The minimum absolute atomic E-state index is 0.101. The summed E-state index contributed by atoms with van der Waals surface area (Å²) in [4.78, 5) is 6.84. The standard InChI is InChI=1S/C33H38ClN3O4/c1-33(2,3)22-5-7-23(8-6-22)36-28-10-9-25(19-27(28)34)41-30-11-14-35-29-21-32(31(39-4)20-26(29)30)40-18-17-37-15-12-24(38)13-16-37/h5-11,14,19-21,24,36,38H,12-13,15-18H2,1-4H3. The van der Waals surface area contributed by atoms with E-state index in [0.29, 0.717) is 34.6 Å². The van der Waals surface area contributed by atoms with E-state index >= 15 is 0 Å². The van der Waals surface area contributed by atoms with Gasteiger partial charge in [0, 0.05) is 49.0 Å². The number of piperidine rings is 1. The number of nitrogens with one attached hydrogen (secondary N) is 1. The number of anilines is 2. The number of hydrogen-bond donors (Lipinski definition) is 2. The van der Waals surface area contributed by atoms with E-state index in [-0.39, 0.29) is 11.5 Å². The van der Waals surface area contributed by atoms with Crippen molar-refractivity contribution in [3.05, 3.63) is 77.4 Å². The first-order valence-electron chi connectivity index (χ1n) is 14.0. The van der Waals surface area contributed by atoms with Gasteiger partial charge in [-0.3, -0.25) is 9.88 Å². The molecule has 1 aliphatic heterocycles. The van der Waals surface area contributed by atoms with Crippen LogP contribution < -0.4 is 19.5 Å². The summed E-state index contributed by atoms with van der Waals surface area (Å²) in [5, 5.41) is 14.5. The fourth-order valence-electron chi connectivity index (χ4n) is 4.91. The van der Waals surface area contributed by atoms with Crippen molar-refractivity contribution in [1.29, 1.82) is 0 Å². The van der Waals surface area contributed by atoms with Gasteiger partial charge in [-0.05, 0) is 60.2 Å². The molecule has 41 heavy (non-hydrogen) atoms. The molecule has 8 heteroatoms. The maximum Gasteiger partial charge on any atom is 0.163 e. The third-order valence-corrected chi connectivity index (χ3v) is 7.72. The molecule has 0 bridgehead atoms. The molecule has 4 aromatic rings. The number of methoxy groups -OCH3 is 1. The van der Waals surface area contributed by atoms with Gasteiger partial charge < -0.3 is 24.6 Å². The summed E-state index contributed by atoms with van der Waals surface area (Å²) < 4.78 is 18.0. The first-order chi connectivity index (χ1) is 19.7. The Hall–Kier alpha value is -3.52. The monoisotopic (exact) mass is 575 g/mol. The summed E-state index contributed by atoms with van der Waals surface area (Å²) in [6.07, 6.45) is 3.15. The maximum absolute atomic E-state index is 9.72. The number of aliphatic hydroxyl groups is 1. The highest BCUT2D eigenvalue weighted by atomic mass is 35.5. The first-order valence-corrected chi connectivity index (χ1v) is 14.4. The minimum atomic E-state index is -0.183. The third-order valence-electron chi connectivity index (χ3n) is 7.41. The number of aromatic nitrogens is 1. The van der Waals surface area contributed by atoms with Crippen LogP contribution in [0.4, 0.5) is 11.4 Å². The third kappa shape index (κ3) is 7.22. The van der Waals surface area contributed by atoms with Crippen LogP contribution in [0.5, 0.6) is 23.0 Å². The van der Waals surface area contributed by atoms with Gasteiger partial charge >= 0.3 is 0 Å². The van der Waals surface area contributed by atoms with Crippen LogP contribution in [0.25, 0.3) is 10.9 Å². The number of fused-ring (bicyclic) bond motifs is 1. The molecular formula is C33H38ClN3O4. The number of ether oxygens (including phenoxy) is 3. The zero-order chi connectivity index (χ0) is 29.0. The number of halogens is 1. The molecule has 0 spiro atoms. The summed E-state index contributed by atoms with van der Waals surface area (Å²) in [7, 11) is 1.62. The van der Waals surface area contributed by atoms with Gasteiger partial charge in [-0.25, -0.2) is 0 Å². The lowest BCUT2D eigenvalue weighted by Crippen LogP contribution is -2.38. The van der Waals surface area contributed by atoms with E-state index in [0.717, 1.165) is 54.8 Å². The summed E-state index contributed by atoms with van der Waals surface area (Å²) in [5.74, 6) is 2.50. The van der Waals surface area contributed by atoms with Crippen LogP contribution in [0.15, 0.2) is 66.9 Å². The highest BCUT2D eigenvalue weighted by Crippen LogP contribution is 2.38. The Morgan fingerprint density at radius 2 is 1.73 bits per heavy atom. The van der Waals surface area contributed by atoms with Gasteiger partial charge in [0.05, 0.1) is 29.4 Å². The predicted molar refractivity (Wildman–Crippen MR) is 165 cm³/mol. The largest absolute Gasteiger partial charge is 0.493 e. The SMILES string of the molecule is COc1cc2c(Oc3ccc(Nc4ccc(C(C)(C)C)cc4)c(Cl)c3)ccnc2cc1OCCN1CCC(O)CC1. The van der Waals surface area contributed by atoms with Crippen LogP contribution in [0, 0.1) is 0 Å². The molecule has 0 amide bonds. The predicted octanol–water partition coefficient (Wildman–Crippen LogP) is 7.57. The molecule has 7 nitrogen and oxygen atoms in total. The zero-order valence-corrected chi connectivity index (χ0v) is 24.9. The molecular weight excluding hydrogens is 538 g/mol. The summed E-state index contributed by atoms with van der Waals surface area (Å²) in [6.45, 7) is 9.67. The van der Waals surface area contributed by atoms with E-state index in [1.165, 1.54) is 5.56 Å². The number of aliphatic hydroxyl groups excluding tert-OH is 1. The Labute approximate surface area is 247 Å². The Morgan fingerprint density at radius 3 is 2.41 bits per heavy atom. The van der Waals surface area contributed by atoms with Gasteiger partial charge in [0.25, 0.3) is 0 Å². The van der Waals surface area contributed by atoms with Crippen LogP contribution in [0.1, 0.15) is 39.2 Å². The number of nitrogens with zero attached hydrogens (tertiary/aromatic N) is 2. The van der Waals surface area contributed by atoms with E-state index in [1.807, 2.05) is 30.3 Å². The molecule has 0 unspecified atom stereocenters. The molecule has 1 aromatic heterocycles. The van der Waals surface area contributed by atoms with Crippen molar-refractivity contribution in [2.24, 2.45) is 0 Å². The molecule has 1 aliphatic rings. The Kier molecular flexibility index (Phi) is 8.88. The zero-order valence-electron chi connectivity index (χ0n) is 24.1. The lowest BCUT2D eigenvalue weighted by Gasteiger charge is -2.29. The second-order valence-corrected chi connectivity index (χ2v) is 11.9. The van der Waals surface area contributed by atoms with Crippen LogP contribution in [-0.4, -0.2) is 54.4 Å². The van der Waals surface area contributed by atoms with Crippen molar-refractivity contribution in [1.82, 2.24) is 9.88 Å². The molecule has 0 saturated carbocycles. The Bertz CT molecular complexity index is 1480. The van der Waals surface area contributed by atoms with Gasteiger partial charge in [-0.15, -0.1) is 0 Å². The average Bonchev–Trinajstić information content (AvgIpc) is 2.95. The van der Waals surface area contributed by atoms with Crippen LogP contribution in [0.2, 0.25) is 5.02 Å². The van der Waals surface area contributed by atoms with Crippen molar-refractivity contribution in [2.45, 2.75) is 45.1 Å². The number of rotatable bonds is 9. The van der Waals surface area contributed by atoms with Crippen LogP contribution in [0.3, 0.4) is 0 Å². The van der Waals surface area contributed by atoms with E-state index in [2.05, 4.69) is 60.2 Å². The van der Waals surface area contributed by atoms with E-state index in [1.54, 1.807) is 19.4 Å². The van der Waals surface area contributed by atoms with E-state index in [4.69, 9.17) is 25.8 Å². The first kappa shape index (κ1) is 29.0. The fraction of sp³-hybridized carbons (Fsp3) is 0.364. The second-order valence-electron chi connectivity index (χ2n) is 11.4. The summed E-state index contributed by atoms with van der Waals surface area (Å²) in [6, 6.07) is 19.6. The Balaban J connectivity index is 1.28. The molecule has 2 N–H and O–H groups in total. The average molecular weight is 576 g/mol. The number of benzene rings is 3. The van der Waals surface area contributed by atoms with Gasteiger partial charge in [0.2, 0.25) is 0 Å². The van der Waals surface area contributed by atoms with Crippen LogP contribution >= 0.6 is 11.6 Å². The molecule has 5 rings (SSSR count). The van der Waals surface area contributed by atoms with E-state index in [9.17, 15) is 5.11 Å². The van der Waals surface area contributed by atoms with Crippen LogP contribution in [-0.2, 0) is 5.41 Å². The van der Waals surface area contributed by atoms with Gasteiger partial charge in [0.15, 0.2) is 11.5 Å². The van der Waals surface area contributed by atoms with Crippen molar-refractivity contribution in [2.75, 3.05) is 38.7 Å². The minimum Gasteiger partial charge on any atom is -0.493 e. The molecule has 2 heterocycles. The van der Waals surface area contributed by atoms with E-state index < -0.39 is 0 Å². The summed E-state index contributed by atoms with van der Waals surface area (Å²) in [5.41, 5.74) is 3.88. The number of hydrogen-bond acceptors (Lipinski definition) is 7. The topological polar surface area (TPSA) is 76.1 Å². The van der Waals surface area contributed by atoms with Crippen molar-refractivity contribution < 1.29 is 19.3 Å². The van der Waals surface area contributed by atoms with Crippen molar-refractivity contribution in [3.63, 3.8) is 0 Å². The smallest absolute Gasteiger partial charge is 0.163 e. The molecule has 0 atom stereocenters. The van der Waals surface area contributed by atoms with Gasteiger partial charge in [-0.1, -0.05) is 44.5 Å². The van der Waals surface area contributed by atoms with Crippen molar-refractivity contribution in [3.8, 4) is 23.0 Å². The molecule has 0 aliphatic carbocycles. The Morgan fingerprint density at radius 1 is 0.976 bits per heavy atom. The van der Waals surface area contributed by atoms with Gasteiger partial charge in [-0.2, -0.15) is 0 Å².